The highest BCUT2D eigenvalue weighted by Gasteiger charge is 2.26. The molecule has 0 amide bonds. The van der Waals surface area contributed by atoms with E-state index in [1.54, 1.807) is 0 Å². The summed E-state index contributed by atoms with van der Waals surface area (Å²) in [5.74, 6) is -0.836. The number of phosphoric acid groups is 1. The van der Waals surface area contributed by atoms with Gasteiger partial charge in [0.25, 0.3) is 0 Å². The van der Waals surface area contributed by atoms with Crippen LogP contribution in [-0.2, 0) is 32.7 Å². The van der Waals surface area contributed by atoms with Crippen LogP contribution >= 0.6 is 7.82 Å². The van der Waals surface area contributed by atoms with Crippen LogP contribution in [0.4, 0.5) is 0 Å². The van der Waals surface area contributed by atoms with Crippen LogP contribution in [0.5, 0.6) is 0 Å². The predicted molar refractivity (Wildman–Crippen MR) is 307 cm³/mol. The fraction of sp³-hybridized carbons (Fsp3) is 0.710. The number of phosphoric ester groups is 1. The minimum absolute atomic E-state index is 0.0489. The molecule has 0 aliphatic rings. The van der Waals surface area contributed by atoms with Crippen molar-refractivity contribution in [1.82, 2.24) is 0 Å². The van der Waals surface area contributed by atoms with Gasteiger partial charge in [0, 0.05) is 19.4 Å². The van der Waals surface area contributed by atoms with Gasteiger partial charge in [-0.15, -0.1) is 0 Å². The molecule has 10 heteroatoms. The topological polar surface area (TPSA) is 134 Å². The van der Waals surface area contributed by atoms with Gasteiger partial charge in [-0.2, -0.15) is 0 Å². The first-order valence-electron chi connectivity index (χ1n) is 29.2. The van der Waals surface area contributed by atoms with Crippen LogP contribution in [0.15, 0.2) is 97.2 Å². The van der Waals surface area contributed by atoms with Crippen molar-refractivity contribution in [2.24, 2.45) is 5.73 Å². The zero-order valence-electron chi connectivity index (χ0n) is 46.1. The molecule has 2 unspecified atom stereocenters. The van der Waals surface area contributed by atoms with E-state index in [0.29, 0.717) is 6.42 Å². The van der Waals surface area contributed by atoms with Gasteiger partial charge < -0.3 is 20.1 Å². The zero-order valence-corrected chi connectivity index (χ0v) is 47.0. The molecule has 0 heterocycles. The molecule has 0 rings (SSSR count). The quantitative estimate of drug-likeness (QED) is 0.0264. The van der Waals surface area contributed by atoms with Gasteiger partial charge in [0.15, 0.2) is 6.10 Å². The standard InChI is InChI=1S/C62H108NO8P/c1-3-5-7-9-11-13-15-17-19-21-23-24-25-26-27-28-29-30-31-32-33-34-35-36-37-39-41-43-45-47-49-51-53-55-62(65)71-60(59-70-72(66,67)69-57-56-63)58-68-61(64)54-52-50-48-46-44-42-40-38-22-20-18-16-14-12-10-8-6-4-2/h5,7,11,13-14,16-17,19-20,22-24,26-27,29-30,60H,3-4,6,8-10,12,15,18,21,25,28,31-59,63H2,1-2H3,(H,66,67)/b7-5-,13-11-,16-14-,19-17-,22-20-,24-23-,27-26-,30-29-. The number of carbonyl (C=O) groups is 2. The molecule has 0 aromatic rings. The SMILES string of the molecule is CC/C=C\C/C=C\C/C=C\C/C=C\C/C=C\C/C=C\CCCCCCCCCCCCCCCCC(=O)OC(COC(=O)CCCCCCCCC/C=C\C/C=C\CCCCCC)COP(=O)(O)OCCN. The largest absolute Gasteiger partial charge is 0.472 e. The van der Waals surface area contributed by atoms with Crippen molar-refractivity contribution >= 4 is 19.8 Å². The summed E-state index contributed by atoms with van der Waals surface area (Å²) in [5, 5.41) is 0. The van der Waals surface area contributed by atoms with Crippen molar-refractivity contribution in [1.29, 1.82) is 0 Å². The van der Waals surface area contributed by atoms with Gasteiger partial charge in [0.1, 0.15) is 6.61 Å². The second kappa shape index (κ2) is 57.2. The number of rotatable bonds is 54. The van der Waals surface area contributed by atoms with E-state index in [0.717, 1.165) is 96.3 Å². The Balaban J connectivity index is 3.96. The lowest BCUT2D eigenvalue weighted by molar-refractivity contribution is -0.161. The maximum Gasteiger partial charge on any atom is 0.472 e. The van der Waals surface area contributed by atoms with E-state index in [4.69, 9.17) is 24.3 Å². The molecule has 0 aliphatic carbocycles. The first-order valence-corrected chi connectivity index (χ1v) is 30.7. The predicted octanol–water partition coefficient (Wildman–Crippen LogP) is 18.5. The van der Waals surface area contributed by atoms with Crippen molar-refractivity contribution in [3.63, 3.8) is 0 Å². The van der Waals surface area contributed by atoms with Crippen LogP contribution < -0.4 is 5.73 Å². The van der Waals surface area contributed by atoms with Gasteiger partial charge >= 0.3 is 19.8 Å². The number of unbranched alkanes of at least 4 members (excludes halogenated alkanes) is 25. The van der Waals surface area contributed by atoms with E-state index < -0.39 is 26.5 Å². The van der Waals surface area contributed by atoms with Gasteiger partial charge in [-0.25, -0.2) is 4.57 Å². The molecule has 0 spiro atoms. The summed E-state index contributed by atoms with van der Waals surface area (Å²) in [7, 11) is -4.39. The molecule has 72 heavy (non-hydrogen) atoms. The van der Waals surface area contributed by atoms with E-state index in [1.807, 2.05) is 0 Å². The first kappa shape index (κ1) is 68.9. The number of hydrogen-bond donors (Lipinski definition) is 2. The third kappa shape index (κ3) is 56.2. The number of ether oxygens (including phenoxy) is 2. The number of carbonyl (C=O) groups excluding carboxylic acids is 2. The van der Waals surface area contributed by atoms with Crippen molar-refractivity contribution in [2.45, 2.75) is 258 Å². The zero-order chi connectivity index (χ0) is 52.4. The Labute approximate surface area is 442 Å². The highest BCUT2D eigenvalue weighted by molar-refractivity contribution is 7.47. The number of allylic oxidation sites excluding steroid dienone is 16. The first-order chi connectivity index (χ1) is 35.3. The molecule has 0 fully saturated rings. The Morgan fingerprint density at radius 3 is 1.14 bits per heavy atom. The lowest BCUT2D eigenvalue weighted by Gasteiger charge is -2.19. The Kier molecular flexibility index (Phi) is 54.8. The molecule has 0 aromatic carbocycles. The molecular weight excluding hydrogens is 918 g/mol. The van der Waals surface area contributed by atoms with Gasteiger partial charge in [0.2, 0.25) is 0 Å². The van der Waals surface area contributed by atoms with Crippen LogP contribution in [0.2, 0.25) is 0 Å². The van der Waals surface area contributed by atoms with Crippen molar-refractivity contribution in [3.05, 3.63) is 97.2 Å². The third-order valence-corrected chi connectivity index (χ3v) is 13.2. The summed E-state index contributed by atoms with van der Waals surface area (Å²) >= 11 is 0. The molecule has 2 atom stereocenters. The molecule has 3 N–H and O–H groups in total. The van der Waals surface area contributed by atoms with Crippen molar-refractivity contribution in [3.8, 4) is 0 Å². The van der Waals surface area contributed by atoms with Crippen molar-refractivity contribution in [2.75, 3.05) is 26.4 Å². The van der Waals surface area contributed by atoms with E-state index in [2.05, 4.69) is 111 Å². The average molecular weight is 1030 g/mol. The second-order valence-electron chi connectivity index (χ2n) is 19.1. The third-order valence-electron chi connectivity index (χ3n) is 12.2. The number of nitrogens with two attached hydrogens (primary N) is 1. The molecule has 0 aliphatic heterocycles. The number of esters is 2. The maximum absolute atomic E-state index is 12.7. The molecule has 0 radical (unpaired) electrons. The number of hydrogen-bond acceptors (Lipinski definition) is 8. The van der Waals surface area contributed by atoms with Crippen molar-refractivity contribution < 1.29 is 37.6 Å². The van der Waals surface area contributed by atoms with Gasteiger partial charge in [-0.1, -0.05) is 239 Å². The van der Waals surface area contributed by atoms with Gasteiger partial charge in [-0.05, 0) is 96.3 Å². The van der Waals surface area contributed by atoms with Crippen LogP contribution in [0, 0.1) is 0 Å². The molecule has 9 nitrogen and oxygen atoms in total. The van der Waals surface area contributed by atoms with Crippen LogP contribution in [0.25, 0.3) is 0 Å². The monoisotopic (exact) mass is 1030 g/mol. The minimum Gasteiger partial charge on any atom is -0.462 e. The van der Waals surface area contributed by atoms with E-state index in [9.17, 15) is 19.0 Å². The summed E-state index contributed by atoms with van der Waals surface area (Å²) in [5.41, 5.74) is 5.38. The average Bonchev–Trinajstić information content (AvgIpc) is 3.37. The lowest BCUT2D eigenvalue weighted by Crippen LogP contribution is -2.29. The Bertz CT molecular complexity index is 1500. The smallest absolute Gasteiger partial charge is 0.462 e. The highest BCUT2D eigenvalue weighted by atomic mass is 31.2. The summed E-state index contributed by atoms with van der Waals surface area (Å²) < 4.78 is 33.0. The van der Waals surface area contributed by atoms with E-state index in [-0.39, 0.29) is 38.6 Å². The highest BCUT2D eigenvalue weighted by Crippen LogP contribution is 2.43. The normalized spacial score (nSPS) is 13.8. The maximum atomic E-state index is 12.7. The molecule has 0 aromatic heterocycles. The Hall–Kier alpha value is -3.07. The Morgan fingerprint density at radius 1 is 0.431 bits per heavy atom. The molecule has 0 saturated carbocycles. The summed E-state index contributed by atoms with van der Waals surface area (Å²) in [6.45, 7) is 3.61. The van der Waals surface area contributed by atoms with E-state index >= 15 is 0 Å². The fourth-order valence-corrected chi connectivity index (χ4v) is 8.67. The summed E-state index contributed by atoms with van der Waals surface area (Å²) in [6, 6.07) is 0. The molecular formula is C62H108NO8P. The second-order valence-corrected chi connectivity index (χ2v) is 20.6. The lowest BCUT2D eigenvalue weighted by atomic mass is 10.0. The minimum atomic E-state index is -4.39. The van der Waals surface area contributed by atoms with Crippen LogP contribution in [-0.4, -0.2) is 49.3 Å². The van der Waals surface area contributed by atoms with Gasteiger partial charge in [-0.3, -0.25) is 18.6 Å². The summed E-state index contributed by atoms with van der Waals surface area (Å²) in [6.07, 6.45) is 76.0. The van der Waals surface area contributed by atoms with Gasteiger partial charge in [0.05, 0.1) is 13.2 Å². The van der Waals surface area contributed by atoms with E-state index in [1.165, 1.54) is 122 Å². The molecule has 414 valence electrons. The van der Waals surface area contributed by atoms with Crippen LogP contribution in [0.1, 0.15) is 251 Å². The van der Waals surface area contributed by atoms with Crippen LogP contribution in [0.3, 0.4) is 0 Å². The molecule has 0 bridgehead atoms. The Morgan fingerprint density at radius 2 is 0.764 bits per heavy atom. The summed E-state index contributed by atoms with van der Waals surface area (Å²) in [4.78, 5) is 35.2. The molecule has 0 saturated heterocycles. The fourth-order valence-electron chi connectivity index (χ4n) is 7.91.